The Bertz CT molecular complexity index is 1260. The van der Waals surface area contributed by atoms with Gasteiger partial charge in [0.1, 0.15) is 17.5 Å². The molecule has 190 valence electrons. The van der Waals surface area contributed by atoms with Crippen LogP contribution in [0.25, 0.3) is 0 Å². The van der Waals surface area contributed by atoms with Crippen molar-refractivity contribution in [2.75, 3.05) is 23.7 Å². The molecule has 1 heterocycles. The highest BCUT2D eigenvalue weighted by molar-refractivity contribution is 7.92. The number of nitrogens with zero attached hydrogens (tertiary/aromatic N) is 2. The summed E-state index contributed by atoms with van der Waals surface area (Å²) in [6, 6.07) is 23.2. The van der Waals surface area contributed by atoms with Gasteiger partial charge in [-0.1, -0.05) is 42.5 Å². The van der Waals surface area contributed by atoms with Crippen LogP contribution in [0.5, 0.6) is 11.5 Å². The highest BCUT2D eigenvalue weighted by Crippen LogP contribution is 2.27. The number of carbonyl (C=O) groups excluding carboxylic acids is 1. The van der Waals surface area contributed by atoms with Crippen molar-refractivity contribution in [1.29, 1.82) is 0 Å². The predicted molar refractivity (Wildman–Crippen MR) is 143 cm³/mol. The normalized spacial score (nSPS) is 14.8. The summed E-state index contributed by atoms with van der Waals surface area (Å²) in [6.07, 6.45) is 3.55. The molecule has 1 unspecified atom stereocenters. The summed E-state index contributed by atoms with van der Waals surface area (Å²) in [6.45, 7) is 4.98. The lowest BCUT2D eigenvalue weighted by molar-refractivity contribution is -0.122. The van der Waals surface area contributed by atoms with Crippen molar-refractivity contribution in [3.63, 3.8) is 0 Å². The Labute approximate surface area is 213 Å². The van der Waals surface area contributed by atoms with E-state index in [9.17, 15) is 13.2 Å². The van der Waals surface area contributed by atoms with E-state index in [-0.39, 0.29) is 5.91 Å². The summed E-state index contributed by atoms with van der Waals surface area (Å²) >= 11 is 0. The molecule has 0 aromatic heterocycles. The summed E-state index contributed by atoms with van der Waals surface area (Å²) in [4.78, 5) is 15.5. The topological polar surface area (TPSA) is 79.0 Å². The van der Waals surface area contributed by atoms with Gasteiger partial charge in [0.25, 0.3) is 0 Å². The molecule has 8 heteroatoms. The summed E-state index contributed by atoms with van der Waals surface area (Å²) in [5.41, 5.74) is 2.62. The first-order valence-corrected chi connectivity index (χ1v) is 14.1. The lowest BCUT2D eigenvalue weighted by Crippen LogP contribution is -2.47. The molecule has 3 aromatic rings. The maximum absolute atomic E-state index is 13.1. The van der Waals surface area contributed by atoms with Gasteiger partial charge in [-0.3, -0.25) is 14.0 Å². The van der Waals surface area contributed by atoms with Crippen LogP contribution in [0.1, 0.15) is 30.9 Å². The van der Waals surface area contributed by atoms with Gasteiger partial charge in [0, 0.05) is 13.1 Å². The van der Waals surface area contributed by atoms with Gasteiger partial charge >= 0.3 is 0 Å². The molecule has 1 N–H and O–H groups in total. The first-order chi connectivity index (χ1) is 17.3. The van der Waals surface area contributed by atoms with E-state index in [4.69, 9.17) is 4.74 Å². The number of carbonyl (C=O) groups is 1. The number of hydrogen-bond acceptors (Lipinski definition) is 5. The number of ether oxygens (including phenoxy) is 1. The second kappa shape index (κ2) is 11.6. The molecular weight excluding hydrogens is 474 g/mol. The van der Waals surface area contributed by atoms with E-state index in [1.807, 2.05) is 48.5 Å². The molecule has 1 amide bonds. The third-order valence-electron chi connectivity index (χ3n) is 6.32. The standard InChI is InChI=1S/C28H33N3O4S/c1-22(28(32)29-20-23-10-6-7-11-24(23)21-30-18-8-9-19-30)31(36(2,33)34)25-14-16-27(17-15-25)35-26-12-4-3-5-13-26/h3-7,10-17,22H,8-9,18-21H2,1-2H3,(H,29,32). The Morgan fingerprint density at radius 3 is 2.14 bits per heavy atom. The lowest BCUT2D eigenvalue weighted by atomic mass is 10.1. The molecular formula is C28H33N3O4S. The van der Waals surface area contributed by atoms with Crippen LogP contribution in [0.3, 0.4) is 0 Å². The number of sulfonamides is 1. The Kier molecular flexibility index (Phi) is 8.28. The van der Waals surface area contributed by atoms with Crippen molar-refractivity contribution in [1.82, 2.24) is 10.2 Å². The van der Waals surface area contributed by atoms with Gasteiger partial charge in [0.05, 0.1) is 11.9 Å². The molecule has 0 radical (unpaired) electrons. The lowest BCUT2D eigenvalue weighted by Gasteiger charge is -2.28. The molecule has 0 bridgehead atoms. The molecule has 0 saturated carbocycles. The van der Waals surface area contributed by atoms with Crippen LogP contribution in [-0.4, -0.2) is 44.6 Å². The van der Waals surface area contributed by atoms with Crippen molar-refractivity contribution >= 4 is 21.6 Å². The SMILES string of the molecule is CC(C(=O)NCc1ccccc1CN1CCCC1)N(c1ccc(Oc2ccccc2)cc1)S(C)(=O)=O. The van der Waals surface area contributed by atoms with Crippen LogP contribution in [0.2, 0.25) is 0 Å². The zero-order valence-electron chi connectivity index (χ0n) is 20.8. The Morgan fingerprint density at radius 1 is 0.917 bits per heavy atom. The molecule has 1 aliphatic rings. The number of nitrogens with one attached hydrogen (secondary N) is 1. The first kappa shape index (κ1) is 25.7. The van der Waals surface area contributed by atoms with Gasteiger partial charge < -0.3 is 10.1 Å². The van der Waals surface area contributed by atoms with Gasteiger partial charge in [0.2, 0.25) is 15.9 Å². The molecule has 36 heavy (non-hydrogen) atoms. The number of para-hydroxylation sites is 1. The van der Waals surface area contributed by atoms with Crippen molar-refractivity contribution in [2.45, 2.75) is 38.9 Å². The quantitative estimate of drug-likeness (QED) is 0.436. The van der Waals surface area contributed by atoms with E-state index in [1.165, 1.54) is 18.4 Å². The van der Waals surface area contributed by atoms with Crippen LogP contribution < -0.4 is 14.4 Å². The number of benzene rings is 3. The minimum Gasteiger partial charge on any atom is -0.457 e. The smallest absolute Gasteiger partial charge is 0.243 e. The predicted octanol–water partition coefficient (Wildman–Crippen LogP) is 4.55. The summed E-state index contributed by atoms with van der Waals surface area (Å²) in [7, 11) is -3.72. The second-order valence-electron chi connectivity index (χ2n) is 9.11. The largest absolute Gasteiger partial charge is 0.457 e. The zero-order chi connectivity index (χ0) is 25.5. The van der Waals surface area contributed by atoms with Crippen LogP contribution in [0.4, 0.5) is 5.69 Å². The molecule has 7 nitrogen and oxygen atoms in total. The molecule has 1 fully saturated rings. The average molecular weight is 508 g/mol. The van der Waals surface area contributed by atoms with Crippen molar-refractivity contribution in [2.24, 2.45) is 0 Å². The van der Waals surface area contributed by atoms with E-state index in [0.29, 0.717) is 23.7 Å². The minimum absolute atomic E-state index is 0.342. The first-order valence-electron chi connectivity index (χ1n) is 12.2. The van der Waals surface area contributed by atoms with Crippen LogP contribution in [-0.2, 0) is 27.9 Å². The Morgan fingerprint density at radius 2 is 1.50 bits per heavy atom. The maximum atomic E-state index is 13.1. The van der Waals surface area contributed by atoms with Crippen LogP contribution in [0, 0.1) is 0 Å². The monoisotopic (exact) mass is 507 g/mol. The summed E-state index contributed by atoms with van der Waals surface area (Å²) < 4.78 is 32.3. The van der Waals surface area contributed by atoms with E-state index in [1.54, 1.807) is 31.2 Å². The average Bonchev–Trinajstić information content (AvgIpc) is 3.37. The van der Waals surface area contributed by atoms with Crippen LogP contribution in [0.15, 0.2) is 78.9 Å². The molecule has 0 spiro atoms. The summed E-state index contributed by atoms with van der Waals surface area (Å²) in [5, 5.41) is 2.94. The zero-order valence-corrected chi connectivity index (χ0v) is 21.6. The minimum atomic E-state index is -3.72. The highest BCUT2D eigenvalue weighted by atomic mass is 32.2. The van der Waals surface area contributed by atoms with E-state index < -0.39 is 16.1 Å². The third kappa shape index (κ3) is 6.65. The summed E-state index contributed by atoms with van der Waals surface area (Å²) in [5.74, 6) is 0.897. The van der Waals surface area contributed by atoms with Crippen molar-refractivity contribution in [3.8, 4) is 11.5 Å². The van der Waals surface area contributed by atoms with E-state index in [0.717, 1.165) is 35.8 Å². The van der Waals surface area contributed by atoms with Gasteiger partial charge in [-0.05, 0) is 80.4 Å². The van der Waals surface area contributed by atoms with Crippen molar-refractivity contribution < 1.29 is 17.9 Å². The molecule has 3 aromatic carbocycles. The Balaban J connectivity index is 1.44. The fourth-order valence-corrected chi connectivity index (χ4v) is 5.67. The number of anilines is 1. The number of rotatable bonds is 10. The molecule has 1 aliphatic heterocycles. The third-order valence-corrected chi connectivity index (χ3v) is 7.56. The highest BCUT2D eigenvalue weighted by Gasteiger charge is 2.29. The van der Waals surface area contributed by atoms with E-state index >= 15 is 0 Å². The van der Waals surface area contributed by atoms with Gasteiger partial charge in [-0.25, -0.2) is 8.42 Å². The maximum Gasteiger partial charge on any atom is 0.243 e. The van der Waals surface area contributed by atoms with Gasteiger partial charge in [-0.15, -0.1) is 0 Å². The van der Waals surface area contributed by atoms with Crippen molar-refractivity contribution in [3.05, 3.63) is 90.0 Å². The van der Waals surface area contributed by atoms with E-state index in [2.05, 4.69) is 16.3 Å². The number of hydrogen-bond donors (Lipinski definition) is 1. The fraction of sp³-hybridized carbons (Fsp3) is 0.321. The number of amides is 1. The molecule has 1 saturated heterocycles. The number of likely N-dealkylation sites (tertiary alicyclic amines) is 1. The molecule has 1 atom stereocenters. The van der Waals surface area contributed by atoms with Crippen LogP contribution >= 0.6 is 0 Å². The second-order valence-corrected chi connectivity index (χ2v) is 11.0. The Hall–Kier alpha value is -3.36. The fourth-order valence-electron chi connectivity index (χ4n) is 4.49. The molecule has 0 aliphatic carbocycles. The van der Waals surface area contributed by atoms with Gasteiger partial charge in [0.15, 0.2) is 0 Å². The molecule has 4 rings (SSSR count). The van der Waals surface area contributed by atoms with Gasteiger partial charge in [-0.2, -0.15) is 0 Å².